The molecular weight excluding hydrogens is 526 g/mol. The Morgan fingerprint density at radius 3 is 2.23 bits per heavy atom. The summed E-state index contributed by atoms with van der Waals surface area (Å²) in [6.07, 6.45) is 5.53. The molecule has 0 spiro atoms. The van der Waals surface area contributed by atoms with E-state index in [9.17, 15) is 18.3 Å². The number of anilines is 1. The molecule has 1 N–H and O–H groups in total. The number of hydrogen-bond donors (Lipinski definition) is 1. The van der Waals surface area contributed by atoms with Crippen LogP contribution in [0, 0.1) is 5.41 Å². The molecule has 1 unspecified atom stereocenters. The molecule has 1 aliphatic rings. The lowest BCUT2D eigenvalue weighted by Crippen LogP contribution is -2.53. The highest BCUT2D eigenvalue weighted by Crippen LogP contribution is 2.44. The number of aromatic nitrogens is 2. The maximum Gasteiger partial charge on any atom is 0.340 e. The number of imidazole rings is 1. The van der Waals surface area contributed by atoms with Crippen molar-refractivity contribution < 1.29 is 23.1 Å². The van der Waals surface area contributed by atoms with Crippen LogP contribution >= 0.6 is 0 Å². The lowest BCUT2D eigenvalue weighted by molar-refractivity contribution is -0.161. The van der Waals surface area contributed by atoms with E-state index in [-0.39, 0.29) is 22.8 Å². The van der Waals surface area contributed by atoms with Gasteiger partial charge >= 0.3 is 5.97 Å². The molecule has 4 rings (SSSR count). The summed E-state index contributed by atoms with van der Waals surface area (Å²) >= 11 is 0. The average Bonchev–Trinajstić information content (AvgIpc) is 3.34. The largest absolute Gasteiger partial charge is 0.512 e. The molecule has 1 aliphatic heterocycles. The summed E-state index contributed by atoms with van der Waals surface area (Å²) in [6, 6.07) is 17.5. The predicted octanol–water partition coefficient (Wildman–Crippen LogP) is 5.96. The molecule has 3 aromatic rings. The molecule has 0 amide bonds. The number of sulfonamides is 1. The van der Waals surface area contributed by atoms with Crippen LogP contribution in [-0.2, 0) is 33.0 Å². The number of aryl methyl sites for hydroxylation is 2. The number of cyclic esters (lactones) is 1. The molecule has 0 saturated heterocycles. The van der Waals surface area contributed by atoms with Crippen molar-refractivity contribution in [3.05, 3.63) is 90.1 Å². The number of nitrogens with zero attached hydrogens (tertiary/aromatic N) is 3. The normalized spacial score (nSPS) is 18.9. The SMILES string of the molecule is CCC[C@@]1(CCc2ccccc2)CC(O)=C(C(N(c2ccccc2)S(=O)(=O)c2cn(C)cn2)C(C)(C)C)C(=O)O1. The second-order valence-corrected chi connectivity index (χ2v) is 13.4. The third-order valence-corrected chi connectivity index (χ3v) is 8.97. The van der Waals surface area contributed by atoms with Crippen molar-refractivity contribution in [1.82, 2.24) is 9.55 Å². The van der Waals surface area contributed by atoms with Crippen molar-refractivity contribution in [2.75, 3.05) is 4.31 Å². The Kier molecular flexibility index (Phi) is 8.44. The van der Waals surface area contributed by atoms with Crippen LogP contribution in [-0.4, -0.2) is 40.7 Å². The highest BCUT2D eigenvalue weighted by molar-refractivity contribution is 7.92. The summed E-state index contributed by atoms with van der Waals surface area (Å²) in [6.45, 7) is 7.55. The van der Waals surface area contributed by atoms with E-state index in [2.05, 4.69) is 4.98 Å². The van der Waals surface area contributed by atoms with Crippen molar-refractivity contribution in [2.24, 2.45) is 12.5 Å². The molecule has 2 atom stereocenters. The molecule has 0 bridgehead atoms. The summed E-state index contributed by atoms with van der Waals surface area (Å²) < 4.78 is 37.3. The second kappa shape index (κ2) is 11.5. The van der Waals surface area contributed by atoms with Crippen molar-refractivity contribution in [1.29, 1.82) is 0 Å². The van der Waals surface area contributed by atoms with Crippen LogP contribution in [0.15, 0.2) is 89.5 Å². The van der Waals surface area contributed by atoms with Gasteiger partial charge in [0.05, 0.1) is 23.6 Å². The number of aliphatic hydroxyl groups is 1. The van der Waals surface area contributed by atoms with E-state index < -0.39 is 33.1 Å². The van der Waals surface area contributed by atoms with E-state index >= 15 is 0 Å². The zero-order chi connectivity index (χ0) is 29.1. The fraction of sp³-hybridized carbons (Fsp3) is 0.419. The second-order valence-electron chi connectivity index (χ2n) is 11.6. The van der Waals surface area contributed by atoms with Crippen LogP contribution in [0.1, 0.15) is 58.9 Å². The van der Waals surface area contributed by atoms with Crippen LogP contribution in [0.5, 0.6) is 0 Å². The Labute approximate surface area is 237 Å². The quantitative estimate of drug-likeness (QED) is 0.304. The predicted molar refractivity (Wildman–Crippen MR) is 155 cm³/mol. The van der Waals surface area contributed by atoms with Gasteiger partial charge in [-0.05, 0) is 42.4 Å². The summed E-state index contributed by atoms with van der Waals surface area (Å²) in [5, 5.41) is 11.5. The zero-order valence-electron chi connectivity index (χ0n) is 23.9. The number of carbonyl (C=O) groups excluding carboxylic acids is 1. The number of ether oxygens (including phenoxy) is 1. The molecule has 9 heteroatoms. The van der Waals surface area contributed by atoms with Gasteiger partial charge in [0.25, 0.3) is 10.0 Å². The average molecular weight is 566 g/mol. The van der Waals surface area contributed by atoms with Crippen LogP contribution in [0.3, 0.4) is 0 Å². The number of hydrogen-bond acceptors (Lipinski definition) is 6. The van der Waals surface area contributed by atoms with Crippen molar-refractivity contribution >= 4 is 21.7 Å². The first-order valence-corrected chi connectivity index (χ1v) is 15.1. The minimum atomic E-state index is -4.25. The maximum absolute atomic E-state index is 14.2. The molecule has 0 aliphatic carbocycles. The smallest absolute Gasteiger partial charge is 0.340 e. The number of esters is 1. The van der Waals surface area contributed by atoms with Gasteiger partial charge in [0.2, 0.25) is 0 Å². The third kappa shape index (κ3) is 6.09. The monoisotopic (exact) mass is 565 g/mol. The molecule has 0 saturated carbocycles. The van der Waals surface area contributed by atoms with E-state index in [4.69, 9.17) is 4.74 Å². The van der Waals surface area contributed by atoms with E-state index in [0.717, 1.165) is 12.0 Å². The third-order valence-electron chi connectivity index (χ3n) is 7.29. The summed E-state index contributed by atoms with van der Waals surface area (Å²) in [5.74, 6) is -0.822. The highest BCUT2D eigenvalue weighted by Gasteiger charge is 2.50. The Morgan fingerprint density at radius 2 is 1.70 bits per heavy atom. The lowest BCUT2D eigenvalue weighted by Gasteiger charge is -2.44. The molecule has 2 heterocycles. The van der Waals surface area contributed by atoms with Crippen molar-refractivity contribution in [3.63, 3.8) is 0 Å². The van der Waals surface area contributed by atoms with E-state index in [1.807, 2.05) is 58.0 Å². The summed E-state index contributed by atoms with van der Waals surface area (Å²) in [4.78, 5) is 18.0. The fourth-order valence-electron chi connectivity index (χ4n) is 5.48. The fourth-order valence-corrected chi connectivity index (χ4v) is 7.26. The Bertz CT molecular complexity index is 1460. The van der Waals surface area contributed by atoms with Gasteiger partial charge in [0.1, 0.15) is 11.4 Å². The van der Waals surface area contributed by atoms with Gasteiger partial charge in [-0.2, -0.15) is 8.42 Å². The van der Waals surface area contributed by atoms with E-state index in [0.29, 0.717) is 24.9 Å². The topological polar surface area (TPSA) is 102 Å². The van der Waals surface area contributed by atoms with Crippen LogP contribution in [0.4, 0.5) is 5.69 Å². The first-order valence-electron chi connectivity index (χ1n) is 13.6. The van der Waals surface area contributed by atoms with E-state index in [1.165, 1.54) is 16.8 Å². The van der Waals surface area contributed by atoms with Crippen molar-refractivity contribution in [3.8, 4) is 0 Å². The highest BCUT2D eigenvalue weighted by atomic mass is 32.2. The minimum absolute atomic E-state index is 0.0395. The standard InChI is InChI=1S/C31H39N3O5S/c1-6-18-31(19-17-23-13-9-7-10-14-23)20-25(35)27(29(36)39-31)28(30(2,3)4)34(24-15-11-8-12-16-24)40(37,38)26-21-33(5)22-32-26/h7-16,21-22,28,35H,6,17-20H2,1-5H3/t28?,31-/m1/s1. The van der Waals surface area contributed by atoms with Gasteiger partial charge in [-0.25, -0.2) is 9.78 Å². The Morgan fingerprint density at radius 1 is 1.07 bits per heavy atom. The summed E-state index contributed by atoms with van der Waals surface area (Å²) in [7, 11) is -2.56. The molecule has 1 aromatic heterocycles. The molecule has 8 nitrogen and oxygen atoms in total. The molecular formula is C31H39N3O5S. The van der Waals surface area contributed by atoms with Gasteiger partial charge in [-0.15, -0.1) is 0 Å². The van der Waals surface area contributed by atoms with Gasteiger partial charge in [-0.1, -0.05) is 82.6 Å². The van der Waals surface area contributed by atoms with Crippen LogP contribution < -0.4 is 4.31 Å². The van der Waals surface area contributed by atoms with Crippen molar-refractivity contribution in [2.45, 2.75) is 76.5 Å². The molecule has 214 valence electrons. The number of para-hydroxylation sites is 1. The summed E-state index contributed by atoms with van der Waals surface area (Å²) in [5.41, 5.74) is -0.255. The Balaban J connectivity index is 1.82. The van der Waals surface area contributed by atoms with E-state index in [1.54, 1.807) is 41.9 Å². The zero-order valence-corrected chi connectivity index (χ0v) is 24.7. The number of aliphatic hydroxyl groups excluding tert-OH is 1. The minimum Gasteiger partial charge on any atom is -0.512 e. The number of rotatable bonds is 10. The first-order chi connectivity index (χ1) is 18.9. The first kappa shape index (κ1) is 29.4. The van der Waals surface area contributed by atoms with Gasteiger partial charge in [0, 0.05) is 19.7 Å². The molecule has 40 heavy (non-hydrogen) atoms. The van der Waals surface area contributed by atoms with Crippen LogP contribution in [0.25, 0.3) is 0 Å². The van der Waals surface area contributed by atoms with Gasteiger partial charge in [-0.3, -0.25) is 4.31 Å². The maximum atomic E-state index is 14.2. The number of benzene rings is 2. The number of carbonyl (C=O) groups is 1. The molecule has 0 radical (unpaired) electrons. The Hall–Kier alpha value is -3.59. The van der Waals surface area contributed by atoms with Gasteiger partial charge < -0.3 is 14.4 Å². The lowest BCUT2D eigenvalue weighted by atomic mass is 9.77. The van der Waals surface area contributed by atoms with Gasteiger partial charge in [0.15, 0.2) is 5.03 Å². The van der Waals surface area contributed by atoms with Crippen LogP contribution in [0.2, 0.25) is 0 Å². The molecule has 2 aromatic carbocycles. The molecule has 0 fully saturated rings.